The van der Waals surface area contributed by atoms with Gasteiger partial charge >= 0.3 is 11.7 Å². The number of carbonyl (C=O) groups is 1. The molecule has 0 saturated heterocycles. The Labute approximate surface area is 78.1 Å². The molecule has 13 heavy (non-hydrogen) atoms. The van der Waals surface area contributed by atoms with Crippen LogP contribution < -0.4 is 0 Å². The van der Waals surface area contributed by atoms with E-state index in [9.17, 15) is 4.79 Å². The first kappa shape index (κ1) is 12.0. The molecule has 0 aliphatic carbocycles. The second-order valence-electron chi connectivity index (χ2n) is 3.66. The molecule has 0 bridgehead atoms. The number of carboxylic acid groups (broad SMARTS) is 1. The van der Waals surface area contributed by atoms with Crippen LogP contribution in [-0.2, 0) is 9.22 Å². The van der Waals surface area contributed by atoms with E-state index < -0.39 is 20.4 Å². The van der Waals surface area contributed by atoms with Crippen LogP contribution in [0.2, 0.25) is 19.6 Å². The topological polar surface area (TPSA) is 82.9 Å². The van der Waals surface area contributed by atoms with Gasteiger partial charge in [-0.25, -0.2) is 4.79 Å². The lowest BCUT2D eigenvalue weighted by Gasteiger charge is -2.19. The van der Waals surface area contributed by atoms with E-state index in [0.717, 1.165) is 0 Å². The second-order valence-corrected chi connectivity index (χ2v) is 8.12. The fraction of sp³-hybridized carbons (Fsp3) is 0.714. The molecule has 0 amide bonds. The third kappa shape index (κ3) is 4.57. The fourth-order valence-corrected chi connectivity index (χ4v) is 2.06. The van der Waals surface area contributed by atoms with Crippen LogP contribution in [0.5, 0.6) is 0 Å². The van der Waals surface area contributed by atoms with Gasteiger partial charge in [0.15, 0.2) is 14.4 Å². The van der Waals surface area contributed by atoms with Crippen molar-refractivity contribution in [1.29, 1.82) is 0 Å². The van der Waals surface area contributed by atoms with Gasteiger partial charge in [0.25, 0.3) is 0 Å². The van der Waals surface area contributed by atoms with E-state index in [2.05, 4.69) is 4.79 Å². The van der Waals surface area contributed by atoms with Crippen LogP contribution in [0, 0.1) is 0 Å². The quantitative estimate of drug-likeness (QED) is 0.319. The summed E-state index contributed by atoms with van der Waals surface area (Å²) >= 11 is 0. The lowest BCUT2D eigenvalue weighted by Crippen LogP contribution is -2.38. The normalized spacial score (nSPS) is 13.2. The smallest absolute Gasteiger partial charge is 0.417 e. The summed E-state index contributed by atoms with van der Waals surface area (Å²) in [5, 5.41) is 8.59. The summed E-state index contributed by atoms with van der Waals surface area (Å²) in [6, 6.07) is 0. The largest absolute Gasteiger partial charge is 0.473 e. The van der Waals surface area contributed by atoms with E-state index in [1.165, 1.54) is 0 Å². The van der Waals surface area contributed by atoms with Crippen molar-refractivity contribution in [1.82, 2.24) is 0 Å². The molecule has 1 unspecified atom stereocenters. The van der Waals surface area contributed by atoms with Gasteiger partial charge in [-0.3, -0.25) is 0 Å². The lowest BCUT2D eigenvalue weighted by atomic mass is 10.2. The van der Waals surface area contributed by atoms with Crippen LogP contribution >= 0.6 is 0 Å². The molecule has 0 aromatic rings. The van der Waals surface area contributed by atoms with Crippen LogP contribution in [0.3, 0.4) is 0 Å². The summed E-state index contributed by atoms with van der Waals surface area (Å²) in [6.45, 7) is 7.35. The Hall–Kier alpha value is -0.973. The average Bonchev–Trinajstić information content (AvgIpc) is 1.82. The third-order valence-corrected chi connectivity index (χ3v) is 2.30. The minimum atomic E-state index is -1.80. The second kappa shape index (κ2) is 4.32. The summed E-state index contributed by atoms with van der Waals surface area (Å²) in [5.74, 6) is -1.26. The first-order valence-electron chi connectivity index (χ1n) is 3.91. The maximum absolute atomic E-state index is 10.5. The molecule has 0 rings (SSSR count). The molecule has 0 aliphatic rings. The monoisotopic (exact) mass is 202 g/mol. The molecule has 5 nitrogen and oxygen atoms in total. The third-order valence-electron chi connectivity index (χ3n) is 1.24. The first-order valence-corrected chi connectivity index (χ1v) is 7.32. The highest BCUT2D eigenvalue weighted by Gasteiger charge is 2.31. The Bertz CT molecular complexity index is 253. The van der Waals surface area contributed by atoms with Crippen molar-refractivity contribution in [3.05, 3.63) is 5.53 Å². The highest BCUT2D eigenvalue weighted by Crippen LogP contribution is 2.07. The summed E-state index contributed by atoms with van der Waals surface area (Å²) in [6.07, 6.45) is -0.672. The van der Waals surface area contributed by atoms with Gasteiger partial charge in [0.2, 0.25) is 0 Å². The van der Waals surface area contributed by atoms with Crippen molar-refractivity contribution < 1.29 is 19.1 Å². The van der Waals surface area contributed by atoms with Gasteiger partial charge in [0, 0.05) is 0 Å². The molecule has 0 fully saturated rings. The zero-order valence-corrected chi connectivity index (χ0v) is 9.24. The zero-order chi connectivity index (χ0) is 10.6. The van der Waals surface area contributed by atoms with Crippen molar-refractivity contribution >= 4 is 20.0 Å². The first-order chi connectivity index (χ1) is 5.78. The van der Waals surface area contributed by atoms with E-state index in [4.69, 9.17) is 15.1 Å². The molecular weight excluding hydrogens is 188 g/mol. The molecule has 0 spiro atoms. The highest BCUT2D eigenvalue weighted by molar-refractivity contribution is 6.70. The summed E-state index contributed by atoms with van der Waals surface area (Å²) in [7, 11) is -1.80. The van der Waals surface area contributed by atoms with Crippen molar-refractivity contribution in [2.45, 2.75) is 32.7 Å². The van der Waals surface area contributed by atoms with Gasteiger partial charge in [-0.2, -0.15) is 4.79 Å². The summed E-state index contributed by atoms with van der Waals surface area (Å²) in [4.78, 5) is 13.2. The Kier molecular flexibility index (Phi) is 3.99. The zero-order valence-electron chi connectivity index (χ0n) is 8.24. The molecular formula is C7H14N2O3Si. The van der Waals surface area contributed by atoms with E-state index in [-0.39, 0.29) is 5.71 Å². The summed E-state index contributed by atoms with van der Waals surface area (Å²) in [5.41, 5.74) is 8.05. The van der Waals surface area contributed by atoms with Gasteiger partial charge < -0.3 is 15.1 Å². The number of rotatable bonds is 4. The van der Waals surface area contributed by atoms with Crippen LogP contribution in [0.4, 0.5) is 0 Å². The number of hydrogen-bond donors (Lipinski definition) is 1. The van der Waals surface area contributed by atoms with Crippen molar-refractivity contribution in [3.8, 4) is 0 Å². The molecule has 0 heterocycles. The van der Waals surface area contributed by atoms with E-state index >= 15 is 0 Å². The molecule has 0 aliphatic heterocycles. The summed E-state index contributed by atoms with van der Waals surface area (Å²) < 4.78 is 5.42. The van der Waals surface area contributed by atoms with E-state index in [1.54, 1.807) is 6.92 Å². The molecule has 0 radical (unpaired) electrons. The molecule has 1 N–H and O–H groups in total. The molecule has 74 valence electrons. The standard InChI is InChI=1S/C7H14N2O3Si/c1-5(12-13(2,3)4)6(9-8)7(10)11/h5H,1-4H3,(H,10,11). The highest BCUT2D eigenvalue weighted by atomic mass is 28.4. The van der Waals surface area contributed by atoms with Crippen molar-refractivity contribution in [2.75, 3.05) is 0 Å². The van der Waals surface area contributed by atoms with E-state index in [0.29, 0.717) is 0 Å². The molecule has 6 heteroatoms. The molecule has 0 aromatic heterocycles. The number of aliphatic carboxylic acids is 1. The molecule has 0 saturated carbocycles. The van der Waals surface area contributed by atoms with Crippen LogP contribution in [0.25, 0.3) is 5.53 Å². The van der Waals surface area contributed by atoms with Crippen molar-refractivity contribution in [2.24, 2.45) is 0 Å². The van der Waals surface area contributed by atoms with Gasteiger partial charge in [0.05, 0.1) is 0 Å². The van der Waals surface area contributed by atoms with Crippen LogP contribution in [0.15, 0.2) is 0 Å². The number of hydrogen-bond acceptors (Lipinski definition) is 2. The van der Waals surface area contributed by atoms with Crippen LogP contribution in [-0.4, -0.2) is 36.0 Å². The number of carboxylic acids is 1. The maximum atomic E-state index is 10.5. The predicted molar refractivity (Wildman–Crippen MR) is 50.2 cm³/mol. The van der Waals surface area contributed by atoms with Gasteiger partial charge in [-0.05, 0) is 26.6 Å². The molecule has 1 atom stereocenters. The Morgan fingerprint density at radius 1 is 1.54 bits per heavy atom. The van der Waals surface area contributed by atoms with E-state index in [1.807, 2.05) is 19.6 Å². The van der Waals surface area contributed by atoms with Gasteiger partial charge in [-0.1, -0.05) is 0 Å². The Morgan fingerprint density at radius 3 is 2.23 bits per heavy atom. The average molecular weight is 202 g/mol. The fourth-order valence-electron chi connectivity index (χ4n) is 0.884. The van der Waals surface area contributed by atoms with Crippen LogP contribution in [0.1, 0.15) is 6.92 Å². The Morgan fingerprint density at radius 2 is 2.00 bits per heavy atom. The predicted octanol–water partition coefficient (Wildman–Crippen LogP) is 0.982. The maximum Gasteiger partial charge on any atom is 0.417 e. The number of nitrogens with zero attached hydrogens (tertiary/aromatic N) is 2. The SMILES string of the molecule is CC(O[Si](C)(C)C)C(=[N+]=[N-])C(=O)O. The molecule has 0 aromatic carbocycles. The minimum absolute atomic E-state index is 0.359. The van der Waals surface area contributed by atoms with Crippen molar-refractivity contribution in [3.63, 3.8) is 0 Å². The minimum Gasteiger partial charge on any atom is -0.473 e. The van der Waals surface area contributed by atoms with Gasteiger partial charge in [-0.15, -0.1) is 0 Å². The lowest BCUT2D eigenvalue weighted by molar-refractivity contribution is -0.135. The Balaban J connectivity index is 4.51. The van der Waals surface area contributed by atoms with Gasteiger partial charge in [0.1, 0.15) is 0 Å².